The molecule has 5 nitrogen and oxygen atoms in total. The van der Waals surface area contributed by atoms with Crippen LogP contribution in [-0.2, 0) is 19.5 Å². The number of nitrogens with zero attached hydrogens (tertiary/aromatic N) is 4. The van der Waals surface area contributed by atoms with Gasteiger partial charge in [0.1, 0.15) is 0 Å². The third-order valence-corrected chi connectivity index (χ3v) is 5.89. The van der Waals surface area contributed by atoms with E-state index in [9.17, 15) is 0 Å². The summed E-state index contributed by atoms with van der Waals surface area (Å²) < 4.78 is 1.90. The van der Waals surface area contributed by atoms with E-state index in [1.807, 2.05) is 35.1 Å². The summed E-state index contributed by atoms with van der Waals surface area (Å²) in [6, 6.07) is 7.78. The second-order valence-corrected chi connectivity index (χ2v) is 7.86. The minimum Gasteiger partial charge on any atom is -0.294 e. The maximum atomic E-state index is 6.09. The van der Waals surface area contributed by atoms with Gasteiger partial charge in [-0.2, -0.15) is 10.2 Å². The zero-order valence-corrected chi connectivity index (χ0v) is 15.4. The third kappa shape index (κ3) is 2.95. The Balaban J connectivity index is 1.31. The van der Waals surface area contributed by atoms with Gasteiger partial charge in [0.15, 0.2) is 0 Å². The summed E-state index contributed by atoms with van der Waals surface area (Å²) in [5.41, 5.74) is 6.33. The molecule has 1 aliphatic carbocycles. The van der Waals surface area contributed by atoms with Crippen molar-refractivity contribution >= 4 is 11.6 Å². The molecule has 1 saturated carbocycles. The van der Waals surface area contributed by atoms with Crippen LogP contribution < -0.4 is 0 Å². The first-order valence-electron chi connectivity index (χ1n) is 9.34. The molecule has 0 atom stereocenters. The molecular formula is C20H22ClN5. The third-order valence-electron chi connectivity index (χ3n) is 5.65. The highest BCUT2D eigenvalue weighted by Crippen LogP contribution is 2.38. The maximum Gasteiger partial charge on any atom is 0.0700 e. The molecule has 2 aromatic heterocycles. The van der Waals surface area contributed by atoms with Crippen molar-refractivity contribution in [3.8, 4) is 5.69 Å². The molecule has 1 fully saturated rings. The monoisotopic (exact) mass is 367 g/mol. The number of hydrogen-bond donors (Lipinski definition) is 1. The van der Waals surface area contributed by atoms with E-state index in [1.54, 1.807) is 0 Å². The summed E-state index contributed by atoms with van der Waals surface area (Å²) in [5, 5.41) is 13.2. The van der Waals surface area contributed by atoms with Gasteiger partial charge in [0.05, 0.1) is 17.6 Å². The molecule has 6 heteroatoms. The lowest BCUT2D eigenvalue weighted by Crippen LogP contribution is -2.30. The van der Waals surface area contributed by atoms with Gasteiger partial charge in [0, 0.05) is 60.0 Å². The Hall–Kier alpha value is -2.11. The average Bonchev–Trinajstić information content (AvgIpc) is 3.21. The number of benzene rings is 1. The van der Waals surface area contributed by atoms with E-state index in [0.29, 0.717) is 5.92 Å². The Bertz CT molecular complexity index is 924. The number of rotatable bonds is 4. The lowest BCUT2D eigenvalue weighted by molar-refractivity contribution is 0.242. The molecule has 3 aromatic rings. The van der Waals surface area contributed by atoms with Crippen molar-refractivity contribution in [2.45, 2.75) is 44.7 Å². The molecule has 0 amide bonds. The molecule has 1 aromatic carbocycles. The summed E-state index contributed by atoms with van der Waals surface area (Å²) in [5.74, 6) is 0.681. The number of fused-ring (bicyclic) bond motifs is 1. The van der Waals surface area contributed by atoms with E-state index in [0.717, 1.165) is 36.8 Å². The summed E-state index contributed by atoms with van der Waals surface area (Å²) in [4.78, 5) is 2.50. The molecule has 0 bridgehead atoms. The highest BCUT2D eigenvalue weighted by atomic mass is 35.5. The fraction of sp³-hybridized carbons (Fsp3) is 0.400. The highest BCUT2D eigenvalue weighted by Gasteiger charge is 2.29. The van der Waals surface area contributed by atoms with Crippen molar-refractivity contribution in [2.24, 2.45) is 0 Å². The molecule has 1 aliphatic heterocycles. The van der Waals surface area contributed by atoms with Crippen LogP contribution in [0.4, 0.5) is 0 Å². The standard InChI is InChI=1S/C20H22ClN5/c21-16-5-2-6-17(9-16)26-12-14(10-22-26)11-25-8-7-19-18(13-25)20(24-23-19)15-3-1-4-15/h2,5-6,9-10,12,15H,1,3-4,7-8,11,13H2,(H,23,24). The minimum atomic E-state index is 0.681. The van der Waals surface area contributed by atoms with Gasteiger partial charge in [-0.3, -0.25) is 10.00 Å². The predicted octanol–water partition coefficient (Wildman–Crippen LogP) is 4.07. The number of nitrogens with one attached hydrogen (secondary N) is 1. The van der Waals surface area contributed by atoms with Crippen LogP contribution in [0.2, 0.25) is 5.02 Å². The fourth-order valence-corrected chi connectivity index (χ4v) is 4.17. The molecule has 3 heterocycles. The summed E-state index contributed by atoms with van der Waals surface area (Å²) in [7, 11) is 0. The van der Waals surface area contributed by atoms with Crippen molar-refractivity contribution < 1.29 is 0 Å². The molecule has 26 heavy (non-hydrogen) atoms. The van der Waals surface area contributed by atoms with Crippen molar-refractivity contribution in [3.05, 3.63) is 64.2 Å². The molecular weight excluding hydrogens is 346 g/mol. The maximum absolute atomic E-state index is 6.09. The summed E-state index contributed by atoms with van der Waals surface area (Å²) in [6.45, 7) is 2.96. The van der Waals surface area contributed by atoms with Crippen LogP contribution in [0.3, 0.4) is 0 Å². The topological polar surface area (TPSA) is 49.7 Å². The van der Waals surface area contributed by atoms with Gasteiger partial charge >= 0.3 is 0 Å². The molecule has 0 radical (unpaired) electrons. The van der Waals surface area contributed by atoms with Crippen LogP contribution >= 0.6 is 11.6 Å². The molecule has 0 saturated heterocycles. The van der Waals surface area contributed by atoms with Crippen LogP contribution in [-0.4, -0.2) is 31.4 Å². The van der Waals surface area contributed by atoms with E-state index < -0.39 is 0 Å². The van der Waals surface area contributed by atoms with Crippen LogP contribution in [0.5, 0.6) is 0 Å². The van der Waals surface area contributed by atoms with Crippen LogP contribution in [0, 0.1) is 0 Å². The smallest absolute Gasteiger partial charge is 0.0700 e. The van der Waals surface area contributed by atoms with Gasteiger partial charge < -0.3 is 0 Å². The van der Waals surface area contributed by atoms with Gasteiger partial charge in [0.25, 0.3) is 0 Å². The number of H-pyrrole nitrogens is 1. The number of halogens is 1. The molecule has 5 rings (SSSR count). The van der Waals surface area contributed by atoms with E-state index in [1.165, 1.54) is 41.8 Å². The average molecular weight is 368 g/mol. The quantitative estimate of drug-likeness (QED) is 0.756. The number of aromatic nitrogens is 4. The van der Waals surface area contributed by atoms with Crippen LogP contribution in [0.25, 0.3) is 5.69 Å². The second-order valence-electron chi connectivity index (χ2n) is 7.43. The van der Waals surface area contributed by atoms with E-state index in [-0.39, 0.29) is 0 Å². The normalized spacial score (nSPS) is 17.9. The summed E-state index contributed by atoms with van der Waals surface area (Å²) in [6.07, 6.45) is 9.05. The first-order chi connectivity index (χ1) is 12.8. The van der Waals surface area contributed by atoms with Crippen molar-refractivity contribution in [1.29, 1.82) is 0 Å². The fourth-order valence-electron chi connectivity index (χ4n) is 3.99. The molecule has 2 aliphatic rings. The van der Waals surface area contributed by atoms with Crippen LogP contribution in [0.1, 0.15) is 47.7 Å². The minimum absolute atomic E-state index is 0.681. The molecule has 1 N–H and O–H groups in total. The van der Waals surface area contributed by atoms with E-state index in [4.69, 9.17) is 11.6 Å². The lowest BCUT2D eigenvalue weighted by atomic mass is 9.81. The SMILES string of the molecule is Clc1cccc(-n2cc(CN3CCc4[nH]nc(C5CCC5)c4C3)cn2)c1. The molecule has 0 unspecified atom stereocenters. The second kappa shape index (κ2) is 6.56. The van der Waals surface area contributed by atoms with Gasteiger partial charge in [-0.05, 0) is 31.0 Å². The molecule has 134 valence electrons. The number of hydrogen-bond acceptors (Lipinski definition) is 3. The molecule has 0 spiro atoms. The van der Waals surface area contributed by atoms with Gasteiger partial charge in [-0.1, -0.05) is 24.1 Å². The predicted molar refractivity (Wildman–Crippen MR) is 102 cm³/mol. The van der Waals surface area contributed by atoms with Crippen LogP contribution in [0.15, 0.2) is 36.7 Å². The Morgan fingerprint density at radius 2 is 2.19 bits per heavy atom. The Morgan fingerprint density at radius 1 is 1.27 bits per heavy atom. The Kier molecular flexibility index (Phi) is 4.06. The van der Waals surface area contributed by atoms with Crippen molar-refractivity contribution in [2.75, 3.05) is 6.54 Å². The number of aromatic amines is 1. The van der Waals surface area contributed by atoms with Gasteiger partial charge in [0.2, 0.25) is 0 Å². The largest absolute Gasteiger partial charge is 0.294 e. The zero-order valence-electron chi connectivity index (χ0n) is 14.7. The Morgan fingerprint density at radius 3 is 3.00 bits per heavy atom. The Labute approximate surface area is 158 Å². The zero-order chi connectivity index (χ0) is 17.5. The first-order valence-corrected chi connectivity index (χ1v) is 9.72. The van der Waals surface area contributed by atoms with Gasteiger partial charge in [-0.25, -0.2) is 4.68 Å². The van der Waals surface area contributed by atoms with E-state index in [2.05, 4.69) is 26.4 Å². The lowest BCUT2D eigenvalue weighted by Gasteiger charge is -2.29. The highest BCUT2D eigenvalue weighted by molar-refractivity contribution is 6.30. The van der Waals surface area contributed by atoms with Crippen molar-refractivity contribution in [3.63, 3.8) is 0 Å². The first kappa shape index (κ1) is 16.1. The van der Waals surface area contributed by atoms with Gasteiger partial charge in [-0.15, -0.1) is 0 Å². The summed E-state index contributed by atoms with van der Waals surface area (Å²) >= 11 is 6.09. The van der Waals surface area contributed by atoms with Crippen molar-refractivity contribution in [1.82, 2.24) is 24.9 Å². The van der Waals surface area contributed by atoms with E-state index >= 15 is 0 Å².